The maximum absolute atomic E-state index is 13.4. The molecule has 0 unspecified atom stereocenters. The molecule has 0 fully saturated rings. The molecule has 4 aromatic rings. The van der Waals surface area contributed by atoms with Gasteiger partial charge in [0.25, 0.3) is 0 Å². The summed E-state index contributed by atoms with van der Waals surface area (Å²) in [6, 6.07) is 18.4. The predicted octanol–water partition coefficient (Wildman–Crippen LogP) is 6.37. The van der Waals surface area contributed by atoms with E-state index in [1.807, 2.05) is 44.2 Å². The van der Waals surface area contributed by atoms with Crippen molar-refractivity contribution in [2.75, 3.05) is 0 Å². The molecular weight excluding hydrogens is 387 g/mol. The highest BCUT2D eigenvalue weighted by molar-refractivity contribution is 5.82. The van der Waals surface area contributed by atoms with Gasteiger partial charge >= 0.3 is 0 Å². The molecule has 2 aromatic carbocycles. The van der Waals surface area contributed by atoms with Gasteiger partial charge in [-0.05, 0) is 60.0 Å². The average molecular weight is 415 g/mol. The van der Waals surface area contributed by atoms with E-state index in [0.717, 1.165) is 44.9 Å². The van der Waals surface area contributed by atoms with E-state index in [-0.39, 0.29) is 5.82 Å². The Balaban J connectivity index is 0.00000132. The zero-order chi connectivity index (χ0) is 22.2. The molecule has 0 aliphatic carbocycles. The first-order valence-electron chi connectivity index (χ1n) is 10.4. The topological polar surface area (TPSA) is 53.6 Å². The number of halogens is 1. The summed E-state index contributed by atoms with van der Waals surface area (Å²) >= 11 is 0. The Bertz CT molecular complexity index is 1130. The second-order valence-electron chi connectivity index (χ2n) is 6.82. The van der Waals surface area contributed by atoms with Crippen molar-refractivity contribution in [3.63, 3.8) is 0 Å². The molecule has 0 amide bonds. The minimum atomic E-state index is -0.272. The third-order valence-electron chi connectivity index (χ3n) is 4.88. The number of nitrogens with one attached hydrogen (secondary N) is 2. The van der Waals surface area contributed by atoms with Gasteiger partial charge in [-0.1, -0.05) is 44.7 Å². The zero-order valence-electron chi connectivity index (χ0n) is 18.1. The van der Waals surface area contributed by atoms with E-state index in [1.165, 1.54) is 12.1 Å². The minimum Gasteiger partial charge on any atom is -0.379 e. The molecule has 31 heavy (non-hydrogen) atoms. The van der Waals surface area contributed by atoms with Crippen LogP contribution < -0.4 is 5.32 Å². The molecule has 0 bridgehead atoms. The van der Waals surface area contributed by atoms with E-state index in [4.69, 9.17) is 0 Å². The molecule has 0 atom stereocenters. The van der Waals surface area contributed by atoms with Gasteiger partial charge in [-0.2, -0.15) is 5.10 Å². The van der Waals surface area contributed by atoms with Gasteiger partial charge < -0.3 is 5.32 Å². The van der Waals surface area contributed by atoms with E-state index < -0.39 is 0 Å². The van der Waals surface area contributed by atoms with Gasteiger partial charge in [-0.3, -0.25) is 10.1 Å². The van der Waals surface area contributed by atoms with Crippen LogP contribution in [0.15, 0.2) is 79.6 Å². The van der Waals surface area contributed by atoms with Crippen molar-refractivity contribution in [3.05, 3.63) is 102 Å². The second kappa shape index (κ2) is 10.3. The molecule has 0 spiro atoms. The highest BCUT2D eigenvalue weighted by Gasteiger charge is 2.17. The summed E-state index contributed by atoms with van der Waals surface area (Å²) in [4.78, 5) is 4.11. The number of H-pyrrole nitrogens is 1. The summed E-state index contributed by atoms with van der Waals surface area (Å²) in [5.41, 5.74) is 7.59. The molecule has 0 saturated heterocycles. The fourth-order valence-electron chi connectivity index (χ4n) is 3.35. The monoisotopic (exact) mass is 414 g/mol. The lowest BCUT2D eigenvalue weighted by Gasteiger charge is -2.13. The molecule has 4 nitrogen and oxygen atoms in total. The molecule has 0 aliphatic heterocycles. The Kier molecular flexibility index (Phi) is 7.33. The van der Waals surface area contributed by atoms with Crippen LogP contribution in [0.3, 0.4) is 0 Å². The SMILES string of the molecule is C=C(NCc1[nH]nc(-c2ccc(F)cc2)c1-c1ccncc1)c1ccccc1C.CC. The number of aryl methyl sites for hydroxylation is 1. The van der Waals surface area contributed by atoms with Crippen molar-refractivity contribution >= 4 is 5.70 Å². The highest BCUT2D eigenvalue weighted by atomic mass is 19.1. The number of aromatic amines is 1. The van der Waals surface area contributed by atoms with E-state index in [1.54, 1.807) is 24.5 Å². The molecule has 5 heteroatoms. The Morgan fingerprint density at radius 1 is 0.968 bits per heavy atom. The molecule has 2 aromatic heterocycles. The number of pyridine rings is 1. The number of nitrogens with zero attached hydrogens (tertiary/aromatic N) is 2. The van der Waals surface area contributed by atoms with Crippen LogP contribution >= 0.6 is 0 Å². The standard InChI is InChI=1S/C24H21FN4.C2H6/c1-16-5-3-4-6-21(16)17(2)27-15-22-23(18-11-13-26-14-12-18)24(29-28-22)19-7-9-20(25)10-8-19;1-2/h3-14,27H,2,15H2,1H3,(H,28,29);1-2H3. The molecule has 2 N–H and O–H groups in total. The van der Waals surface area contributed by atoms with E-state index in [9.17, 15) is 4.39 Å². The molecule has 0 saturated carbocycles. The highest BCUT2D eigenvalue weighted by Crippen LogP contribution is 2.33. The Morgan fingerprint density at radius 3 is 2.32 bits per heavy atom. The molecule has 158 valence electrons. The molecule has 4 rings (SSSR count). The van der Waals surface area contributed by atoms with Crippen LogP contribution in [-0.2, 0) is 6.54 Å². The number of aromatic nitrogens is 3. The van der Waals surface area contributed by atoms with Crippen molar-refractivity contribution < 1.29 is 4.39 Å². The first kappa shape index (κ1) is 22.0. The van der Waals surface area contributed by atoms with Crippen LogP contribution in [0.1, 0.15) is 30.7 Å². The third kappa shape index (κ3) is 5.07. The number of hydrogen-bond donors (Lipinski definition) is 2. The molecule has 2 heterocycles. The van der Waals surface area contributed by atoms with Gasteiger partial charge in [0.2, 0.25) is 0 Å². The summed E-state index contributed by atoms with van der Waals surface area (Å²) in [7, 11) is 0. The second-order valence-corrected chi connectivity index (χ2v) is 6.82. The van der Waals surface area contributed by atoms with Crippen molar-refractivity contribution in [1.29, 1.82) is 0 Å². The van der Waals surface area contributed by atoms with Crippen molar-refractivity contribution in [2.24, 2.45) is 0 Å². The maximum Gasteiger partial charge on any atom is 0.123 e. The van der Waals surface area contributed by atoms with Crippen LogP contribution in [-0.4, -0.2) is 15.2 Å². The van der Waals surface area contributed by atoms with Crippen LogP contribution in [0, 0.1) is 12.7 Å². The smallest absolute Gasteiger partial charge is 0.123 e. The molecular formula is C26H27FN4. The van der Waals surface area contributed by atoms with Gasteiger partial charge in [0.05, 0.1) is 12.2 Å². The van der Waals surface area contributed by atoms with Crippen molar-refractivity contribution in [2.45, 2.75) is 27.3 Å². The van der Waals surface area contributed by atoms with Crippen LogP contribution in [0.4, 0.5) is 4.39 Å². The fraction of sp³-hybridized carbons (Fsp3) is 0.154. The van der Waals surface area contributed by atoms with E-state index in [0.29, 0.717) is 6.54 Å². The maximum atomic E-state index is 13.4. The summed E-state index contributed by atoms with van der Waals surface area (Å²) in [5, 5.41) is 11.1. The van der Waals surface area contributed by atoms with Crippen LogP contribution in [0.5, 0.6) is 0 Å². The first-order valence-corrected chi connectivity index (χ1v) is 10.4. The minimum absolute atomic E-state index is 0.272. The number of rotatable bonds is 6. The summed E-state index contributed by atoms with van der Waals surface area (Å²) in [6.07, 6.45) is 3.50. The predicted molar refractivity (Wildman–Crippen MR) is 126 cm³/mol. The lowest BCUT2D eigenvalue weighted by atomic mass is 9.99. The van der Waals surface area contributed by atoms with Gasteiger partial charge in [0.15, 0.2) is 0 Å². The van der Waals surface area contributed by atoms with Crippen LogP contribution in [0.2, 0.25) is 0 Å². The lowest BCUT2D eigenvalue weighted by Crippen LogP contribution is -2.12. The van der Waals surface area contributed by atoms with Crippen molar-refractivity contribution in [3.8, 4) is 22.4 Å². The Hall–Kier alpha value is -3.73. The quantitative estimate of drug-likeness (QED) is 0.385. The van der Waals surface area contributed by atoms with Crippen molar-refractivity contribution in [1.82, 2.24) is 20.5 Å². The normalized spacial score (nSPS) is 10.2. The first-order chi connectivity index (χ1) is 15.1. The number of benzene rings is 2. The van der Waals surface area contributed by atoms with Gasteiger partial charge in [0, 0.05) is 29.2 Å². The summed E-state index contributed by atoms with van der Waals surface area (Å²) in [5.74, 6) is -0.272. The Morgan fingerprint density at radius 2 is 1.65 bits per heavy atom. The average Bonchev–Trinajstić information content (AvgIpc) is 3.24. The molecule has 0 radical (unpaired) electrons. The van der Waals surface area contributed by atoms with Crippen LogP contribution in [0.25, 0.3) is 28.1 Å². The summed E-state index contributed by atoms with van der Waals surface area (Å²) < 4.78 is 13.4. The van der Waals surface area contributed by atoms with E-state index >= 15 is 0 Å². The van der Waals surface area contributed by atoms with E-state index in [2.05, 4.69) is 40.1 Å². The summed E-state index contributed by atoms with van der Waals surface area (Å²) in [6.45, 7) is 10.8. The number of hydrogen-bond acceptors (Lipinski definition) is 3. The molecule has 0 aliphatic rings. The largest absolute Gasteiger partial charge is 0.379 e. The Labute approximate surface area is 182 Å². The van der Waals surface area contributed by atoms with Gasteiger partial charge in [-0.15, -0.1) is 0 Å². The lowest BCUT2D eigenvalue weighted by molar-refractivity contribution is 0.628. The van der Waals surface area contributed by atoms with Gasteiger partial charge in [-0.25, -0.2) is 4.39 Å². The fourth-order valence-corrected chi connectivity index (χ4v) is 3.35. The third-order valence-corrected chi connectivity index (χ3v) is 4.88. The van der Waals surface area contributed by atoms with Gasteiger partial charge in [0.1, 0.15) is 11.5 Å². The zero-order valence-corrected chi connectivity index (χ0v) is 18.1.